The molecule has 0 amide bonds. The van der Waals surface area contributed by atoms with Gasteiger partial charge in [0.1, 0.15) is 5.75 Å². The van der Waals surface area contributed by atoms with Crippen molar-refractivity contribution in [2.24, 2.45) is 11.8 Å². The zero-order valence-corrected chi connectivity index (χ0v) is 22.3. The molecule has 202 valence electrons. The summed E-state index contributed by atoms with van der Waals surface area (Å²) in [5, 5.41) is 0. The van der Waals surface area contributed by atoms with Crippen LogP contribution >= 0.6 is 0 Å². The van der Waals surface area contributed by atoms with E-state index in [2.05, 4.69) is 25.5 Å². The molecule has 0 fully saturated rings. The van der Waals surface area contributed by atoms with Crippen LogP contribution in [0, 0.1) is 11.8 Å². The monoisotopic (exact) mass is 512 g/mol. The van der Waals surface area contributed by atoms with Gasteiger partial charge in [-0.05, 0) is 79.3 Å². The van der Waals surface area contributed by atoms with Gasteiger partial charge in [0, 0.05) is 0 Å². The fraction of sp³-hybridized carbons (Fsp3) is 0.500. The second-order valence-electron chi connectivity index (χ2n) is 9.43. The summed E-state index contributed by atoms with van der Waals surface area (Å²) >= 11 is 0. The van der Waals surface area contributed by atoms with Crippen LogP contribution in [0.4, 0.5) is 4.79 Å². The smallest absolute Gasteiger partial charge is 0.468 e. The Morgan fingerprint density at radius 3 is 2.03 bits per heavy atom. The first-order chi connectivity index (χ1) is 17.9. The number of hydrogen-bond donors (Lipinski definition) is 0. The van der Waals surface area contributed by atoms with Crippen molar-refractivity contribution in [3.8, 4) is 16.9 Å². The van der Waals surface area contributed by atoms with Gasteiger partial charge in [0.15, 0.2) is 0 Å². The lowest BCUT2D eigenvalue weighted by molar-refractivity contribution is -0.128. The van der Waals surface area contributed by atoms with E-state index in [0.717, 1.165) is 56.1 Å². The van der Waals surface area contributed by atoms with Crippen LogP contribution in [0.3, 0.4) is 0 Å². The Labute approximate surface area is 220 Å². The number of rotatable bonds is 17. The van der Waals surface area contributed by atoms with E-state index in [1.165, 1.54) is 0 Å². The summed E-state index contributed by atoms with van der Waals surface area (Å²) in [6.45, 7) is 8.08. The van der Waals surface area contributed by atoms with Crippen LogP contribution in [0.5, 0.6) is 5.75 Å². The number of unbranched alkanes of at least 4 members (excludes halogenated alkanes) is 4. The maximum Gasteiger partial charge on any atom is 0.513 e. The van der Waals surface area contributed by atoms with Crippen LogP contribution in [0.2, 0.25) is 0 Å². The lowest BCUT2D eigenvalue weighted by Crippen LogP contribution is -2.19. The first-order valence-corrected chi connectivity index (χ1v) is 13.2. The molecular weight excluding hydrogens is 472 g/mol. The van der Waals surface area contributed by atoms with Crippen molar-refractivity contribution in [2.75, 3.05) is 19.8 Å². The summed E-state index contributed by atoms with van der Waals surface area (Å²) in [5.41, 5.74) is 2.39. The minimum Gasteiger partial charge on any atom is -0.468 e. The molecule has 0 saturated carbocycles. The molecule has 37 heavy (non-hydrogen) atoms. The Morgan fingerprint density at radius 2 is 1.43 bits per heavy atom. The normalized spacial score (nSPS) is 11.6. The molecule has 7 heteroatoms. The molecule has 0 aliphatic carbocycles. The van der Waals surface area contributed by atoms with Gasteiger partial charge in [-0.15, -0.1) is 0 Å². The summed E-state index contributed by atoms with van der Waals surface area (Å²) in [6, 6.07) is 14.4. The average Bonchev–Trinajstić information content (AvgIpc) is 2.90. The van der Waals surface area contributed by atoms with Crippen molar-refractivity contribution in [1.29, 1.82) is 0 Å². The number of carbonyl (C=O) groups is 3. The highest BCUT2D eigenvalue weighted by Crippen LogP contribution is 2.24. The van der Waals surface area contributed by atoms with Gasteiger partial charge in [0.05, 0.1) is 25.4 Å². The van der Waals surface area contributed by atoms with E-state index in [9.17, 15) is 14.4 Å². The quantitative estimate of drug-likeness (QED) is 0.0727. The number of esters is 1. The molecule has 0 radical (unpaired) electrons. The Bertz CT molecular complexity index is 935. The van der Waals surface area contributed by atoms with Gasteiger partial charge in [-0.2, -0.15) is 0 Å². The van der Waals surface area contributed by atoms with Crippen LogP contribution in [0.25, 0.3) is 11.1 Å². The summed E-state index contributed by atoms with van der Waals surface area (Å²) < 4.78 is 20.5. The molecule has 1 atom stereocenters. The molecule has 0 aliphatic heterocycles. The predicted molar refractivity (Wildman–Crippen MR) is 142 cm³/mol. The van der Waals surface area contributed by atoms with Crippen molar-refractivity contribution in [1.82, 2.24) is 0 Å². The van der Waals surface area contributed by atoms with E-state index in [1.54, 1.807) is 24.3 Å². The van der Waals surface area contributed by atoms with Crippen LogP contribution in [0.1, 0.15) is 76.1 Å². The van der Waals surface area contributed by atoms with Crippen molar-refractivity contribution < 1.29 is 33.3 Å². The van der Waals surface area contributed by atoms with Gasteiger partial charge in [-0.25, -0.2) is 9.59 Å². The first kappa shape index (κ1) is 29.9. The molecule has 0 N–H and O–H groups in total. The van der Waals surface area contributed by atoms with Gasteiger partial charge < -0.3 is 18.9 Å². The van der Waals surface area contributed by atoms with E-state index in [1.807, 2.05) is 24.3 Å². The first-order valence-electron chi connectivity index (χ1n) is 13.2. The van der Waals surface area contributed by atoms with Crippen molar-refractivity contribution in [2.45, 2.75) is 65.7 Å². The zero-order valence-electron chi connectivity index (χ0n) is 22.3. The highest BCUT2D eigenvalue weighted by molar-refractivity contribution is 5.90. The maximum atomic E-state index is 12.5. The average molecular weight is 513 g/mol. The molecule has 2 aromatic rings. The van der Waals surface area contributed by atoms with E-state index in [4.69, 9.17) is 14.2 Å². The topological polar surface area (TPSA) is 88.1 Å². The second kappa shape index (κ2) is 17.2. The Kier molecular flexibility index (Phi) is 13.9. The van der Waals surface area contributed by atoms with E-state index in [-0.39, 0.29) is 12.6 Å². The van der Waals surface area contributed by atoms with Gasteiger partial charge in [0.2, 0.25) is 0 Å². The van der Waals surface area contributed by atoms with E-state index in [0.29, 0.717) is 42.8 Å². The maximum absolute atomic E-state index is 12.5. The van der Waals surface area contributed by atoms with Gasteiger partial charge in [-0.3, -0.25) is 4.79 Å². The fourth-order valence-corrected chi connectivity index (χ4v) is 3.83. The SMILES string of the molecule is CCCCC(COC(=O)c1ccc(-c2ccc(OC(=O)OCCCCCCOC=O)cc2)cc1)C(C)C. The predicted octanol–water partition coefficient (Wildman–Crippen LogP) is 7.22. The van der Waals surface area contributed by atoms with Crippen LogP contribution in [-0.2, 0) is 19.0 Å². The third kappa shape index (κ3) is 11.5. The lowest BCUT2D eigenvalue weighted by atomic mass is 9.91. The van der Waals surface area contributed by atoms with Gasteiger partial charge >= 0.3 is 12.1 Å². The number of benzene rings is 2. The molecule has 0 heterocycles. The molecule has 7 nitrogen and oxygen atoms in total. The van der Waals surface area contributed by atoms with E-state index >= 15 is 0 Å². The summed E-state index contributed by atoms with van der Waals surface area (Å²) in [4.78, 5) is 34.4. The van der Waals surface area contributed by atoms with Gasteiger partial charge in [0.25, 0.3) is 6.47 Å². The Balaban J connectivity index is 1.77. The molecule has 0 spiro atoms. The Morgan fingerprint density at radius 1 is 0.811 bits per heavy atom. The summed E-state index contributed by atoms with van der Waals surface area (Å²) in [6.07, 6.45) is 5.88. The fourth-order valence-electron chi connectivity index (χ4n) is 3.83. The minimum atomic E-state index is -0.741. The van der Waals surface area contributed by atoms with Crippen LogP contribution in [0.15, 0.2) is 48.5 Å². The zero-order chi connectivity index (χ0) is 26.9. The molecule has 0 bridgehead atoms. The minimum absolute atomic E-state index is 0.275. The number of carbonyl (C=O) groups excluding carboxylic acids is 3. The molecule has 0 saturated heterocycles. The van der Waals surface area contributed by atoms with Crippen LogP contribution < -0.4 is 4.74 Å². The Hall–Kier alpha value is -3.35. The molecule has 0 aromatic heterocycles. The summed E-state index contributed by atoms with van der Waals surface area (Å²) in [5.74, 6) is 0.939. The third-order valence-electron chi connectivity index (χ3n) is 6.25. The molecule has 2 rings (SSSR count). The highest BCUT2D eigenvalue weighted by Gasteiger charge is 2.16. The second-order valence-corrected chi connectivity index (χ2v) is 9.43. The largest absolute Gasteiger partial charge is 0.513 e. The summed E-state index contributed by atoms with van der Waals surface area (Å²) in [7, 11) is 0. The molecule has 2 aromatic carbocycles. The van der Waals surface area contributed by atoms with Gasteiger partial charge in [-0.1, -0.05) is 57.9 Å². The molecule has 1 unspecified atom stereocenters. The molecular formula is C30H40O7. The van der Waals surface area contributed by atoms with Crippen molar-refractivity contribution in [3.63, 3.8) is 0 Å². The van der Waals surface area contributed by atoms with Crippen molar-refractivity contribution in [3.05, 3.63) is 54.1 Å². The lowest BCUT2D eigenvalue weighted by Gasteiger charge is -2.20. The van der Waals surface area contributed by atoms with Crippen LogP contribution in [-0.4, -0.2) is 38.4 Å². The standard InChI is InChI=1S/C30H40O7/c1-4-5-10-27(23(2)3)21-36-29(32)26-13-11-24(12-14-26)25-15-17-28(18-16-25)37-30(33)35-20-9-7-6-8-19-34-22-31/h11-18,22-23,27H,4-10,19-21H2,1-3H3. The van der Waals surface area contributed by atoms with Crippen molar-refractivity contribution >= 4 is 18.6 Å². The highest BCUT2D eigenvalue weighted by atomic mass is 16.7. The number of ether oxygens (including phenoxy) is 4. The van der Waals surface area contributed by atoms with E-state index < -0.39 is 6.16 Å². The number of hydrogen-bond acceptors (Lipinski definition) is 7. The third-order valence-corrected chi connectivity index (χ3v) is 6.25. The molecule has 0 aliphatic rings.